The van der Waals surface area contributed by atoms with Crippen molar-refractivity contribution in [2.24, 2.45) is 17.6 Å². The fourth-order valence-electron chi connectivity index (χ4n) is 6.69. The Bertz CT molecular complexity index is 1740. The monoisotopic (exact) mass is 664 g/mol. The van der Waals surface area contributed by atoms with Crippen molar-refractivity contribution < 1.29 is 14.4 Å². The van der Waals surface area contributed by atoms with Gasteiger partial charge in [-0.15, -0.1) is 10.2 Å². The van der Waals surface area contributed by atoms with Gasteiger partial charge in [0.05, 0.1) is 0 Å². The summed E-state index contributed by atoms with van der Waals surface area (Å²) in [4.78, 5) is 46.6. The number of nitrogens with two attached hydrogens (primary N) is 1. The number of aromatic amines is 1. The van der Waals surface area contributed by atoms with Crippen molar-refractivity contribution in [1.82, 2.24) is 41.1 Å². The van der Waals surface area contributed by atoms with Crippen LogP contribution in [0.1, 0.15) is 54.2 Å². The Hall–Kier alpha value is -5.01. The molecular formula is C36H44N10O3. The van der Waals surface area contributed by atoms with Crippen molar-refractivity contribution in [3.05, 3.63) is 77.6 Å². The number of hydrogen-bond donors (Lipinski definition) is 5. The molecule has 2 aromatic carbocycles. The van der Waals surface area contributed by atoms with Gasteiger partial charge in [-0.3, -0.25) is 19.4 Å². The van der Waals surface area contributed by atoms with Crippen LogP contribution in [0.5, 0.6) is 0 Å². The van der Waals surface area contributed by atoms with Gasteiger partial charge < -0.3 is 26.6 Å². The van der Waals surface area contributed by atoms with Gasteiger partial charge in [-0.2, -0.15) is 5.21 Å². The lowest BCUT2D eigenvalue weighted by Gasteiger charge is -2.31. The second-order valence-corrected chi connectivity index (χ2v) is 13.2. The first kappa shape index (κ1) is 33.9. The minimum absolute atomic E-state index is 0.0555. The van der Waals surface area contributed by atoms with Crippen LogP contribution >= 0.6 is 0 Å². The molecule has 4 aromatic rings. The van der Waals surface area contributed by atoms with Gasteiger partial charge in [0.25, 0.3) is 5.91 Å². The van der Waals surface area contributed by atoms with Crippen molar-refractivity contribution in [2.45, 2.75) is 58.0 Å². The fourth-order valence-corrected chi connectivity index (χ4v) is 6.69. The third-order valence-electron chi connectivity index (χ3n) is 9.63. The SMILES string of the molecule is Cc1cc(C(=O)N2CCNC(C)C2)ncc1-c1ccc(CC(NC(=O)C2CCC(CN)CC2)C(=O)Nc2ccc(-c3nn[nH]n3)cc2)cc1. The standard InChI is InChI=1S/C36H44N10O3/c1-22-17-32(36(49)46-16-15-38-23(2)21-46)39-20-30(22)26-7-3-24(4-8-26)18-31(41-34(47)28-9-5-25(19-37)6-10-28)35(48)40-29-13-11-27(12-14-29)33-42-44-45-43-33/h3-4,7-8,11-14,17,20,23,25,28,31,38H,5-6,9-10,15-16,18-19,21,37H2,1-2H3,(H,40,48)(H,41,47)(H,42,43,44,45). The normalized spacial score (nSPS) is 20.0. The van der Waals surface area contributed by atoms with Crippen LogP contribution in [0.3, 0.4) is 0 Å². The number of H-pyrrole nitrogens is 1. The summed E-state index contributed by atoms with van der Waals surface area (Å²) in [6.45, 7) is 6.78. The first-order valence-corrected chi connectivity index (χ1v) is 17.0. The number of hydrogen-bond acceptors (Lipinski definition) is 9. The van der Waals surface area contributed by atoms with Crippen molar-refractivity contribution in [3.8, 4) is 22.5 Å². The van der Waals surface area contributed by atoms with Crippen LogP contribution in [0.4, 0.5) is 5.69 Å². The van der Waals surface area contributed by atoms with E-state index in [1.165, 1.54) is 0 Å². The number of nitrogens with zero attached hydrogens (tertiary/aromatic N) is 5. The molecule has 49 heavy (non-hydrogen) atoms. The number of anilines is 1. The molecule has 6 N–H and O–H groups in total. The maximum Gasteiger partial charge on any atom is 0.272 e. The summed E-state index contributed by atoms with van der Waals surface area (Å²) in [7, 11) is 0. The fraction of sp³-hybridized carbons (Fsp3) is 0.417. The van der Waals surface area contributed by atoms with E-state index in [-0.39, 0.29) is 29.7 Å². The zero-order valence-electron chi connectivity index (χ0n) is 28.0. The molecule has 0 radical (unpaired) electrons. The molecule has 2 aromatic heterocycles. The Kier molecular flexibility index (Phi) is 10.7. The molecule has 0 spiro atoms. The van der Waals surface area contributed by atoms with E-state index in [1.54, 1.807) is 30.5 Å². The maximum absolute atomic E-state index is 13.7. The van der Waals surface area contributed by atoms with E-state index in [0.717, 1.165) is 60.0 Å². The van der Waals surface area contributed by atoms with E-state index >= 15 is 0 Å². The largest absolute Gasteiger partial charge is 0.344 e. The Balaban J connectivity index is 1.15. The van der Waals surface area contributed by atoms with Gasteiger partial charge >= 0.3 is 0 Å². The molecule has 2 unspecified atom stereocenters. The van der Waals surface area contributed by atoms with E-state index in [0.29, 0.717) is 49.2 Å². The van der Waals surface area contributed by atoms with Crippen LogP contribution in [0.25, 0.3) is 22.5 Å². The molecule has 3 heterocycles. The number of nitrogens with one attached hydrogen (secondary N) is 4. The van der Waals surface area contributed by atoms with E-state index in [2.05, 4.69) is 48.5 Å². The maximum atomic E-state index is 13.7. The Morgan fingerprint density at radius 1 is 1.02 bits per heavy atom. The average Bonchev–Trinajstić information content (AvgIpc) is 3.67. The number of tetrazole rings is 1. The number of rotatable bonds is 10. The molecule has 1 saturated carbocycles. The quantitative estimate of drug-likeness (QED) is 0.170. The van der Waals surface area contributed by atoms with E-state index in [4.69, 9.17) is 5.73 Å². The zero-order chi connectivity index (χ0) is 34.3. The minimum Gasteiger partial charge on any atom is -0.344 e. The second-order valence-electron chi connectivity index (χ2n) is 13.2. The van der Waals surface area contributed by atoms with Crippen molar-refractivity contribution in [2.75, 3.05) is 31.5 Å². The van der Waals surface area contributed by atoms with Crippen LogP contribution < -0.4 is 21.7 Å². The highest BCUT2D eigenvalue weighted by Gasteiger charge is 2.30. The molecular weight excluding hydrogens is 620 g/mol. The lowest BCUT2D eigenvalue weighted by Crippen LogP contribution is -2.51. The lowest BCUT2D eigenvalue weighted by molar-refractivity contribution is -0.130. The number of amides is 3. The van der Waals surface area contributed by atoms with Gasteiger partial charge in [0.15, 0.2) is 0 Å². The number of benzene rings is 2. The number of piperazine rings is 1. The molecule has 6 rings (SSSR count). The first-order chi connectivity index (χ1) is 23.8. The zero-order valence-corrected chi connectivity index (χ0v) is 28.0. The van der Waals surface area contributed by atoms with Crippen LogP contribution in [0.2, 0.25) is 0 Å². The highest BCUT2D eigenvalue weighted by atomic mass is 16.2. The molecule has 256 valence electrons. The van der Waals surface area contributed by atoms with Gasteiger partial charge in [0.2, 0.25) is 17.6 Å². The Morgan fingerprint density at radius 3 is 2.41 bits per heavy atom. The predicted octanol–water partition coefficient (Wildman–Crippen LogP) is 3.10. The smallest absolute Gasteiger partial charge is 0.272 e. The van der Waals surface area contributed by atoms with Gasteiger partial charge in [-0.1, -0.05) is 24.3 Å². The molecule has 13 nitrogen and oxygen atoms in total. The highest BCUT2D eigenvalue weighted by Crippen LogP contribution is 2.29. The number of aryl methyl sites for hydroxylation is 1. The van der Waals surface area contributed by atoms with Crippen LogP contribution in [0, 0.1) is 18.8 Å². The number of aromatic nitrogens is 5. The van der Waals surface area contributed by atoms with Crippen LogP contribution in [-0.2, 0) is 16.0 Å². The van der Waals surface area contributed by atoms with E-state index < -0.39 is 6.04 Å². The van der Waals surface area contributed by atoms with Crippen LogP contribution in [0.15, 0.2) is 60.8 Å². The first-order valence-electron chi connectivity index (χ1n) is 17.0. The Morgan fingerprint density at radius 2 is 1.76 bits per heavy atom. The van der Waals surface area contributed by atoms with Crippen molar-refractivity contribution >= 4 is 23.4 Å². The molecule has 1 saturated heterocycles. The summed E-state index contributed by atoms with van der Waals surface area (Å²) >= 11 is 0. The molecule has 2 fully saturated rings. The molecule has 2 atom stereocenters. The molecule has 3 amide bonds. The van der Waals surface area contributed by atoms with Crippen LogP contribution in [-0.4, -0.2) is 86.5 Å². The molecule has 2 aliphatic rings. The third-order valence-corrected chi connectivity index (χ3v) is 9.63. The summed E-state index contributed by atoms with van der Waals surface area (Å²) in [5, 5.41) is 23.4. The molecule has 13 heteroatoms. The predicted molar refractivity (Wildman–Crippen MR) is 186 cm³/mol. The summed E-state index contributed by atoms with van der Waals surface area (Å²) in [5.41, 5.74) is 11.4. The topological polar surface area (TPSA) is 184 Å². The van der Waals surface area contributed by atoms with E-state index in [1.807, 2.05) is 42.2 Å². The summed E-state index contributed by atoms with van der Waals surface area (Å²) in [5.74, 6) is 0.292. The molecule has 1 aliphatic carbocycles. The highest BCUT2D eigenvalue weighted by molar-refractivity contribution is 5.98. The summed E-state index contributed by atoms with van der Waals surface area (Å²) < 4.78 is 0. The number of carbonyl (C=O) groups excluding carboxylic acids is 3. The lowest BCUT2D eigenvalue weighted by atomic mass is 9.81. The van der Waals surface area contributed by atoms with Gasteiger partial charge in [-0.05, 0) is 104 Å². The molecule has 0 bridgehead atoms. The minimum atomic E-state index is -0.788. The van der Waals surface area contributed by atoms with E-state index in [9.17, 15) is 14.4 Å². The average molecular weight is 665 g/mol. The van der Waals surface area contributed by atoms with Crippen molar-refractivity contribution in [3.63, 3.8) is 0 Å². The van der Waals surface area contributed by atoms with Gasteiger partial charge in [0, 0.05) is 61.0 Å². The number of pyridine rings is 1. The van der Waals surface area contributed by atoms with Gasteiger partial charge in [-0.25, -0.2) is 0 Å². The van der Waals surface area contributed by atoms with Gasteiger partial charge in [0.1, 0.15) is 11.7 Å². The summed E-state index contributed by atoms with van der Waals surface area (Å²) in [6, 6.07) is 16.4. The number of carbonyl (C=O) groups is 3. The Labute approximate surface area is 285 Å². The van der Waals surface area contributed by atoms with Crippen molar-refractivity contribution in [1.29, 1.82) is 0 Å². The summed E-state index contributed by atoms with van der Waals surface area (Å²) in [6.07, 6.45) is 5.42. The molecule has 1 aliphatic heterocycles. The second kappa shape index (κ2) is 15.5. The third kappa shape index (κ3) is 8.35.